The molecule has 0 aliphatic rings. The predicted octanol–water partition coefficient (Wildman–Crippen LogP) is 5.50. The molecule has 0 amide bonds. The van der Waals surface area contributed by atoms with Crippen LogP contribution in [0.3, 0.4) is 0 Å². The van der Waals surface area contributed by atoms with Crippen molar-refractivity contribution in [2.45, 2.75) is 33.0 Å². The van der Waals surface area contributed by atoms with Gasteiger partial charge in [0.1, 0.15) is 0 Å². The molecule has 0 radical (unpaired) electrons. The molecule has 1 unspecified atom stereocenters. The summed E-state index contributed by atoms with van der Waals surface area (Å²) < 4.78 is 39.0. The third-order valence-corrected chi connectivity index (χ3v) is 3.35. The Bertz CT molecular complexity index is 612. The van der Waals surface area contributed by atoms with Gasteiger partial charge in [-0.2, -0.15) is 13.2 Å². The van der Waals surface area contributed by atoms with Gasteiger partial charge in [-0.15, -0.1) is 0 Å². The molecular formula is C17H18F3N. The van der Waals surface area contributed by atoms with Crippen LogP contribution in [0.15, 0.2) is 42.5 Å². The zero-order valence-electron chi connectivity index (χ0n) is 12.3. The van der Waals surface area contributed by atoms with Crippen molar-refractivity contribution in [2.24, 2.45) is 0 Å². The minimum Gasteiger partial charge on any atom is -0.378 e. The van der Waals surface area contributed by atoms with Crippen molar-refractivity contribution < 1.29 is 13.2 Å². The van der Waals surface area contributed by atoms with Crippen molar-refractivity contribution in [3.05, 3.63) is 64.7 Å². The zero-order chi connectivity index (χ0) is 15.6. The summed E-state index contributed by atoms with van der Waals surface area (Å²) in [5.74, 6) is 0. The maximum Gasteiger partial charge on any atom is 0.418 e. The van der Waals surface area contributed by atoms with E-state index in [4.69, 9.17) is 0 Å². The smallest absolute Gasteiger partial charge is 0.378 e. The lowest BCUT2D eigenvalue weighted by Crippen LogP contribution is -2.13. The second kappa shape index (κ2) is 5.80. The van der Waals surface area contributed by atoms with E-state index in [1.807, 2.05) is 39.0 Å². The zero-order valence-corrected chi connectivity index (χ0v) is 12.3. The molecular weight excluding hydrogens is 275 g/mol. The number of alkyl halides is 3. The van der Waals surface area contributed by atoms with Crippen LogP contribution in [-0.2, 0) is 6.18 Å². The van der Waals surface area contributed by atoms with Crippen LogP contribution in [0.1, 0.15) is 35.2 Å². The second-order valence-corrected chi connectivity index (χ2v) is 5.33. The lowest BCUT2D eigenvalue weighted by molar-refractivity contribution is -0.137. The second-order valence-electron chi connectivity index (χ2n) is 5.33. The molecule has 0 heterocycles. The van der Waals surface area contributed by atoms with Gasteiger partial charge in [-0.05, 0) is 38.5 Å². The van der Waals surface area contributed by atoms with Gasteiger partial charge in [0.15, 0.2) is 0 Å². The third kappa shape index (κ3) is 3.78. The summed E-state index contributed by atoms with van der Waals surface area (Å²) in [4.78, 5) is 0. The standard InChI is InChI=1S/C17H18F3N/c1-11-8-12(2)10-14(9-11)13(3)21-16-7-5-4-6-15(16)17(18,19)20/h4-10,13,21H,1-3H3. The van der Waals surface area contributed by atoms with E-state index in [9.17, 15) is 13.2 Å². The molecule has 0 fully saturated rings. The molecule has 1 nitrogen and oxygen atoms in total. The van der Waals surface area contributed by atoms with Gasteiger partial charge in [0, 0.05) is 11.7 Å². The lowest BCUT2D eigenvalue weighted by Gasteiger charge is -2.20. The van der Waals surface area contributed by atoms with Crippen LogP contribution in [0.2, 0.25) is 0 Å². The number of anilines is 1. The molecule has 1 N–H and O–H groups in total. The van der Waals surface area contributed by atoms with Crippen LogP contribution in [0.4, 0.5) is 18.9 Å². The van der Waals surface area contributed by atoms with Gasteiger partial charge in [0.25, 0.3) is 0 Å². The van der Waals surface area contributed by atoms with Crippen molar-refractivity contribution in [1.82, 2.24) is 0 Å². The van der Waals surface area contributed by atoms with Crippen molar-refractivity contribution in [3.63, 3.8) is 0 Å². The minimum atomic E-state index is -4.36. The fourth-order valence-electron chi connectivity index (χ4n) is 2.43. The first-order valence-corrected chi connectivity index (χ1v) is 6.78. The quantitative estimate of drug-likeness (QED) is 0.788. The van der Waals surface area contributed by atoms with E-state index in [2.05, 4.69) is 5.32 Å². The monoisotopic (exact) mass is 293 g/mol. The highest BCUT2D eigenvalue weighted by atomic mass is 19.4. The van der Waals surface area contributed by atoms with Crippen LogP contribution >= 0.6 is 0 Å². The Kier molecular flexibility index (Phi) is 4.26. The van der Waals surface area contributed by atoms with Crippen LogP contribution in [0, 0.1) is 13.8 Å². The van der Waals surface area contributed by atoms with Gasteiger partial charge in [-0.25, -0.2) is 0 Å². The van der Waals surface area contributed by atoms with E-state index in [-0.39, 0.29) is 11.7 Å². The molecule has 0 bridgehead atoms. The summed E-state index contributed by atoms with van der Waals surface area (Å²) in [5.41, 5.74) is 2.65. The third-order valence-electron chi connectivity index (χ3n) is 3.35. The molecule has 21 heavy (non-hydrogen) atoms. The van der Waals surface area contributed by atoms with Gasteiger partial charge in [0.2, 0.25) is 0 Å². The Hall–Kier alpha value is -1.97. The summed E-state index contributed by atoms with van der Waals surface area (Å²) in [7, 11) is 0. The molecule has 1 atom stereocenters. The molecule has 0 aromatic heterocycles. The average molecular weight is 293 g/mol. The Labute approximate surface area is 122 Å². The average Bonchev–Trinajstić information content (AvgIpc) is 2.37. The normalized spacial score (nSPS) is 13.0. The summed E-state index contributed by atoms with van der Waals surface area (Å²) in [6.07, 6.45) is -4.36. The number of benzene rings is 2. The van der Waals surface area contributed by atoms with Crippen LogP contribution < -0.4 is 5.32 Å². The first kappa shape index (κ1) is 15.4. The molecule has 4 heteroatoms. The first-order valence-electron chi connectivity index (χ1n) is 6.78. The largest absolute Gasteiger partial charge is 0.418 e. The molecule has 112 valence electrons. The summed E-state index contributed by atoms with van der Waals surface area (Å²) >= 11 is 0. The topological polar surface area (TPSA) is 12.0 Å². The van der Waals surface area contributed by atoms with E-state index < -0.39 is 11.7 Å². The fourth-order valence-corrected chi connectivity index (χ4v) is 2.43. The Morgan fingerprint density at radius 1 is 0.952 bits per heavy atom. The lowest BCUT2D eigenvalue weighted by atomic mass is 10.0. The predicted molar refractivity (Wildman–Crippen MR) is 79.4 cm³/mol. The fraction of sp³-hybridized carbons (Fsp3) is 0.294. The van der Waals surface area contributed by atoms with Gasteiger partial charge in [-0.3, -0.25) is 0 Å². The molecule has 0 saturated carbocycles. The van der Waals surface area contributed by atoms with Crippen molar-refractivity contribution in [3.8, 4) is 0 Å². The maximum absolute atomic E-state index is 13.0. The number of hydrogen-bond donors (Lipinski definition) is 1. The number of rotatable bonds is 3. The van der Waals surface area contributed by atoms with E-state index in [0.717, 1.165) is 22.8 Å². The van der Waals surface area contributed by atoms with E-state index >= 15 is 0 Å². The molecule has 0 aliphatic carbocycles. The minimum absolute atomic E-state index is 0.108. The van der Waals surface area contributed by atoms with Crippen molar-refractivity contribution in [1.29, 1.82) is 0 Å². The number of halogens is 3. The van der Waals surface area contributed by atoms with Gasteiger partial charge in [-0.1, -0.05) is 41.5 Å². The number of hydrogen-bond acceptors (Lipinski definition) is 1. The Morgan fingerprint density at radius 3 is 2.10 bits per heavy atom. The number of para-hydroxylation sites is 1. The molecule has 0 saturated heterocycles. The number of nitrogens with one attached hydrogen (secondary N) is 1. The number of aryl methyl sites for hydroxylation is 2. The molecule has 0 aliphatic heterocycles. The summed E-state index contributed by atoms with van der Waals surface area (Å²) in [5, 5.41) is 2.97. The van der Waals surface area contributed by atoms with Gasteiger partial charge >= 0.3 is 6.18 Å². The Morgan fingerprint density at radius 2 is 1.52 bits per heavy atom. The van der Waals surface area contributed by atoms with E-state index in [1.54, 1.807) is 6.07 Å². The van der Waals surface area contributed by atoms with Gasteiger partial charge in [0.05, 0.1) is 5.56 Å². The van der Waals surface area contributed by atoms with Crippen molar-refractivity contribution in [2.75, 3.05) is 5.32 Å². The first-order chi connectivity index (χ1) is 9.77. The van der Waals surface area contributed by atoms with Crippen LogP contribution in [-0.4, -0.2) is 0 Å². The van der Waals surface area contributed by atoms with Gasteiger partial charge < -0.3 is 5.32 Å². The SMILES string of the molecule is Cc1cc(C)cc(C(C)Nc2ccccc2C(F)(F)F)c1. The highest BCUT2D eigenvalue weighted by molar-refractivity contribution is 5.54. The van der Waals surface area contributed by atoms with Crippen molar-refractivity contribution >= 4 is 5.69 Å². The summed E-state index contributed by atoms with van der Waals surface area (Å²) in [6.45, 7) is 5.82. The Balaban J connectivity index is 2.30. The molecule has 2 aromatic rings. The maximum atomic E-state index is 13.0. The molecule has 0 spiro atoms. The highest BCUT2D eigenvalue weighted by Gasteiger charge is 2.33. The highest BCUT2D eigenvalue weighted by Crippen LogP contribution is 2.36. The van der Waals surface area contributed by atoms with E-state index in [0.29, 0.717) is 0 Å². The molecule has 2 aromatic carbocycles. The molecule has 2 rings (SSSR count). The van der Waals surface area contributed by atoms with Crippen LogP contribution in [0.25, 0.3) is 0 Å². The van der Waals surface area contributed by atoms with E-state index in [1.165, 1.54) is 12.1 Å². The van der Waals surface area contributed by atoms with Crippen LogP contribution in [0.5, 0.6) is 0 Å². The summed E-state index contributed by atoms with van der Waals surface area (Å²) in [6, 6.07) is 11.4.